The van der Waals surface area contributed by atoms with Crippen LogP contribution < -0.4 is 4.72 Å². The summed E-state index contributed by atoms with van der Waals surface area (Å²) in [7, 11) is -3.55. The first kappa shape index (κ1) is 14.4. The van der Waals surface area contributed by atoms with Gasteiger partial charge in [0.1, 0.15) is 0 Å². The van der Waals surface area contributed by atoms with Gasteiger partial charge in [0.2, 0.25) is 10.0 Å². The van der Waals surface area contributed by atoms with Crippen LogP contribution in [0.2, 0.25) is 0 Å². The Labute approximate surface area is 116 Å². The fraction of sp³-hybridized carbons (Fsp3) is 0.417. The average Bonchev–Trinajstić information content (AvgIpc) is 2.90. The van der Waals surface area contributed by atoms with Crippen molar-refractivity contribution in [2.75, 3.05) is 12.3 Å². The molecule has 1 unspecified atom stereocenters. The Morgan fingerprint density at radius 1 is 1.37 bits per heavy atom. The fourth-order valence-electron chi connectivity index (χ4n) is 1.87. The molecule has 19 heavy (non-hydrogen) atoms. The van der Waals surface area contributed by atoms with Crippen LogP contribution in [-0.4, -0.2) is 37.0 Å². The molecule has 0 saturated carbocycles. The molecule has 7 heteroatoms. The van der Waals surface area contributed by atoms with Crippen LogP contribution in [0.25, 0.3) is 0 Å². The number of aromatic carboxylic acids is 1. The van der Waals surface area contributed by atoms with Gasteiger partial charge in [-0.25, -0.2) is 17.9 Å². The Bertz CT molecular complexity index is 548. The van der Waals surface area contributed by atoms with E-state index in [0.29, 0.717) is 11.8 Å². The van der Waals surface area contributed by atoms with Crippen LogP contribution in [0, 0.1) is 0 Å². The van der Waals surface area contributed by atoms with E-state index in [1.54, 1.807) is 11.8 Å². The summed E-state index contributed by atoms with van der Waals surface area (Å²) >= 11 is 1.78. The first-order chi connectivity index (χ1) is 8.99. The van der Waals surface area contributed by atoms with E-state index in [4.69, 9.17) is 5.11 Å². The van der Waals surface area contributed by atoms with Crippen molar-refractivity contribution < 1.29 is 18.3 Å². The highest BCUT2D eigenvalue weighted by atomic mass is 32.2. The smallest absolute Gasteiger partial charge is 0.335 e. The second-order valence-electron chi connectivity index (χ2n) is 4.32. The van der Waals surface area contributed by atoms with Crippen LogP contribution in [-0.2, 0) is 10.0 Å². The van der Waals surface area contributed by atoms with Crippen LogP contribution in [0.5, 0.6) is 0 Å². The van der Waals surface area contributed by atoms with Gasteiger partial charge >= 0.3 is 5.97 Å². The molecule has 0 bridgehead atoms. The van der Waals surface area contributed by atoms with Crippen LogP contribution in [0.1, 0.15) is 23.2 Å². The zero-order valence-electron chi connectivity index (χ0n) is 10.2. The molecule has 1 heterocycles. The maximum absolute atomic E-state index is 12.0. The number of thioether (sulfide) groups is 1. The lowest BCUT2D eigenvalue weighted by Crippen LogP contribution is -2.29. The second kappa shape index (κ2) is 5.94. The van der Waals surface area contributed by atoms with Crippen molar-refractivity contribution in [1.82, 2.24) is 4.72 Å². The molecule has 0 radical (unpaired) electrons. The monoisotopic (exact) mass is 301 g/mol. The molecule has 0 aromatic heterocycles. The lowest BCUT2D eigenvalue weighted by Gasteiger charge is -2.10. The van der Waals surface area contributed by atoms with Gasteiger partial charge in [-0.2, -0.15) is 11.8 Å². The molecular weight excluding hydrogens is 286 g/mol. The van der Waals surface area contributed by atoms with E-state index in [9.17, 15) is 13.2 Å². The molecule has 1 aromatic rings. The second-order valence-corrected chi connectivity index (χ2v) is 7.49. The van der Waals surface area contributed by atoms with Gasteiger partial charge in [-0.3, -0.25) is 0 Å². The Morgan fingerprint density at radius 2 is 2.05 bits per heavy atom. The Morgan fingerprint density at radius 3 is 2.58 bits per heavy atom. The predicted molar refractivity (Wildman–Crippen MR) is 74.1 cm³/mol. The van der Waals surface area contributed by atoms with Gasteiger partial charge < -0.3 is 5.11 Å². The number of hydrogen-bond acceptors (Lipinski definition) is 4. The molecule has 104 valence electrons. The lowest BCUT2D eigenvalue weighted by atomic mass is 10.2. The molecule has 1 atom stereocenters. The van der Waals surface area contributed by atoms with Crippen LogP contribution in [0.15, 0.2) is 29.2 Å². The van der Waals surface area contributed by atoms with Crippen LogP contribution >= 0.6 is 11.8 Å². The minimum Gasteiger partial charge on any atom is -0.478 e. The number of carboxylic acids is 1. The standard InChI is InChI=1S/C12H15NO4S2/c14-12(15)9-3-5-11(6-4-9)19(16,17)13-8-10-2-1-7-18-10/h3-6,10,13H,1-2,7-8H2,(H,14,15). The molecule has 1 aliphatic heterocycles. The van der Waals surface area contributed by atoms with Gasteiger partial charge in [0.25, 0.3) is 0 Å². The van der Waals surface area contributed by atoms with Gasteiger partial charge in [-0.05, 0) is 42.9 Å². The topological polar surface area (TPSA) is 83.5 Å². The lowest BCUT2D eigenvalue weighted by molar-refractivity contribution is 0.0696. The molecule has 2 rings (SSSR count). The normalized spacial score (nSPS) is 19.5. The molecule has 1 fully saturated rings. The largest absolute Gasteiger partial charge is 0.478 e. The average molecular weight is 301 g/mol. The van der Waals surface area contributed by atoms with Gasteiger partial charge in [-0.15, -0.1) is 0 Å². The Kier molecular flexibility index (Phi) is 4.49. The van der Waals surface area contributed by atoms with E-state index in [0.717, 1.165) is 18.6 Å². The molecular formula is C12H15NO4S2. The zero-order valence-corrected chi connectivity index (χ0v) is 11.8. The first-order valence-electron chi connectivity index (χ1n) is 5.94. The molecule has 1 aromatic carbocycles. The maximum atomic E-state index is 12.0. The number of carboxylic acid groups (broad SMARTS) is 1. The zero-order chi connectivity index (χ0) is 13.9. The molecule has 2 N–H and O–H groups in total. The van der Waals surface area contributed by atoms with Crippen molar-refractivity contribution in [3.63, 3.8) is 0 Å². The fourth-order valence-corrected chi connectivity index (χ4v) is 4.26. The third kappa shape index (κ3) is 3.71. The molecule has 0 aliphatic carbocycles. The number of rotatable bonds is 5. The van der Waals surface area contributed by atoms with Crippen molar-refractivity contribution in [3.8, 4) is 0 Å². The molecule has 5 nitrogen and oxygen atoms in total. The minimum absolute atomic E-state index is 0.0744. The number of nitrogens with one attached hydrogen (secondary N) is 1. The van der Waals surface area contributed by atoms with Crippen molar-refractivity contribution in [2.24, 2.45) is 0 Å². The van der Waals surface area contributed by atoms with E-state index in [1.807, 2.05) is 0 Å². The first-order valence-corrected chi connectivity index (χ1v) is 8.47. The Balaban J connectivity index is 2.03. The summed E-state index contributed by atoms with van der Waals surface area (Å²) in [5, 5.41) is 9.10. The number of carbonyl (C=O) groups is 1. The van der Waals surface area contributed by atoms with E-state index < -0.39 is 16.0 Å². The van der Waals surface area contributed by atoms with Crippen molar-refractivity contribution in [1.29, 1.82) is 0 Å². The third-order valence-electron chi connectivity index (χ3n) is 2.94. The predicted octanol–water partition coefficient (Wildman–Crippen LogP) is 1.56. The third-order valence-corrected chi connectivity index (χ3v) is 5.77. The van der Waals surface area contributed by atoms with Crippen molar-refractivity contribution in [2.45, 2.75) is 23.0 Å². The van der Waals surface area contributed by atoms with E-state index in [1.165, 1.54) is 24.3 Å². The molecule has 0 amide bonds. The molecule has 0 spiro atoms. The highest BCUT2D eigenvalue weighted by Gasteiger charge is 2.20. The van der Waals surface area contributed by atoms with Gasteiger partial charge in [0.15, 0.2) is 0 Å². The number of sulfonamides is 1. The molecule has 1 saturated heterocycles. The quantitative estimate of drug-likeness (QED) is 0.862. The van der Waals surface area contributed by atoms with Gasteiger partial charge in [0.05, 0.1) is 10.5 Å². The summed E-state index contributed by atoms with van der Waals surface area (Å²) in [6, 6.07) is 5.21. The van der Waals surface area contributed by atoms with E-state index in [2.05, 4.69) is 4.72 Å². The number of hydrogen-bond donors (Lipinski definition) is 2. The molecule has 1 aliphatic rings. The highest BCUT2D eigenvalue weighted by molar-refractivity contribution is 8.00. The summed E-state index contributed by atoms with van der Waals surface area (Å²) in [4.78, 5) is 10.8. The maximum Gasteiger partial charge on any atom is 0.335 e. The minimum atomic E-state index is -3.55. The summed E-state index contributed by atoms with van der Waals surface area (Å²) in [6.45, 7) is 0.424. The highest BCUT2D eigenvalue weighted by Crippen LogP contribution is 2.25. The van der Waals surface area contributed by atoms with Gasteiger partial charge in [-0.1, -0.05) is 0 Å². The summed E-state index contributed by atoms with van der Waals surface area (Å²) in [5.41, 5.74) is 0.0744. The van der Waals surface area contributed by atoms with E-state index in [-0.39, 0.29) is 10.5 Å². The van der Waals surface area contributed by atoms with E-state index >= 15 is 0 Å². The summed E-state index contributed by atoms with van der Waals surface area (Å²) in [5.74, 6) is 0.0129. The SMILES string of the molecule is O=C(O)c1ccc(S(=O)(=O)NCC2CCCS2)cc1. The Hall–Kier alpha value is -1.05. The van der Waals surface area contributed by atoms with Crippen LogP contribution in [0.4, 0.5) is 0 Å². The summed E-state index contributed by atoms with van der Waals surface area (Å²) < 4.78 is 26.6. The summed E-state index contributed by atoms with van der Waals surface area (Å²) in [6.07, 6.45) is 2.16. The number of benzene rings is 1. The van der Waals surface area contributed by atoms with Crippen molar-refractivity contribution in [3.05, 3.63) is 29.8 Å². The van der Waals surface area contributed by atoms with Crippen LogP contribution in [0.3, 0.4) is 0 Å². The van der Waals surface area contributed by atoms with Gasteiger partial charge in [0, 0.05) is 11.8 Å². The van der Waals surface area contributed by atoms with Crippen molar-refractivity contribution >= 4 is 27.8 Å².